The smallest absolute Gasteiger partial charge is 0.251 e. The molecule has 0 unspecified atom stereocenters. The molecule has 2 N–H and O–H groups in total. The van der Waals surface area contributed by atoms with Crippen LogP contribution in [0.1, 0.15) is 36.0 Å². The molecule has 0 spiro atoms. The highest BCUT2D eigenvalue weighted by Crippen LogP contribution is 2.24. The summed E-state index contributed by atoms with van der Waals surface area (Å²) >= 11 is 5.76. The molecule has 1 fully saturated rings. The fourth-order valence-electron chi connectivity index (χ4n) is 3.64. The molecule has 0 bridgehead atoms. The van der Waals surface area contributed by atoms with Crippen molar-refractivity contribution < 1.29 is 9.18 Å². The average molecular weight is 434 g/mol. The Morgan fingerprint density at radius 3 is 2.48 bits per heavy atom. The lowest BCUT2D eigenvalue weighted by Gasteiger charge is -2.30. The van der Waals surface area contributed by atoms with E-state index >= 15 is 0 Å². The summed E-state index contributed by atoms with van der Waals surface area (Å²) in [5.74, 6) is 0.147. The minimum atomic E-state index is -0.521. The van der Waals surface area contributed by atoms with Crippen LogP contribution in [0, 0.1) is 5.82 Å². The highest BCUT2D eigenvalue weighted by Gasteiger charge is 2.23. The first-order chi connectivity index (χ1) is 13.6. The maximum absolute atomic E-state index is 13.3. The number of aromatic nitrogens is 1. The number of carbonyl (C=O) groups excluding carboxylic acids is 1. The molecule has 1 heterocycles. The molecule has 0 aliphatic heterocycles. The van der Waals surface area contributed by atoms with Crippen molar-refractivity contribution in [2.45, 2.75) is 37.8 Å². The van der Waals surface area contributed by atoms with Gasteiger partial charge in [-0.2, -0.15) is 0 Å². The first-order valence-electron chi connectivity index (χ1n) is 9.47. The van der Waals surface area contributed by atoms with Gasteiger partial charge in [0.25, 0.3) is 5.91 Å². The topological polar surface area (TPSA) is 54.0 Å². The molecule has 1 saturated carbocycles. The summed E-state index contributed by atoms with van der Waals surface area (Å²) in [6, 6.07) is 16.6. The molecule has 0 saturated heterocycles. The third-order valence-electron chi connectivity index (χ3n) is 5.19. The monoisotopic (exact) mass is 433 g/mol. The van der Waals surface area contributed by atoms with Crippen molar-refractivity contribution in [1.82, 2.24) is 10.3 Å². The number of fused-ring (bicyclic) bond motifs is 1. The summed E-state index contributed by atoms with van der Waals surface area (Å²) in [4.78, 5) is 17.0. The van der Waals surface area contributed by atoms with E-state index in [0.29, 0.717) is 11.6 Å². The van der Waals surface area contributed by atoms with Crippen LogP contribution in [0.3, 0.4) is 0 Å². The van der Waals surface area contributed by atoms with Crippen LogP contribution in [0.4, 0.5) is 10.2 Å². The predicted octanol–water partition coefficient (Wildman–Crippen LogP) is 5.60. The van der Waals surface area contributed by atoms with Gasteiger partial charge < -0.3 is 10.6 Å². The fourth-order valence-corrected chi connectivity index (χ4v) is 3.82. The van der Waals surface area contributed by atoms with Crippen molar-refractivity contribution >= 4 is 46.6 Å². The number of halogens is 3. The van der Waals surface area contributed by atoms with E-state index in [1.54, 1.807) is 0 Å². The molecule has 152 valence electrons. The van der Waals surface area contributed by atoms with Gasteiger partial charge in [-0.1, -0.05) is 29.8 Å². The van der Waals surface area contributed by atoms with E-state index in [4.69, 9.17) is 11.6 Å². The van der Waals surface area contributed by atoms with Crippen LogP contribution in [0.25, 0.3) is 10.9 Å². The number of hydrogen-bond acceptors (Lipinski definition) is 3. The third-order valence-corrected chi connectivity index (χ3v) is 5.48. The normalized spacial score (nSPS) is 18.7. The van der Waals surface area contributed by atoms with E-state index < -0.39 is 5.82 Å². The van der Waals surface area contributed by atoms with Crippen molar-refractivity contribution in [2.75, 3.05) is 5.32 Å². The molecule has 1 aliphatic rings. The molecule has 4 nitrogen and oxygen atoms in total. The summed E-state index contributed by atoms with van der Waals surface area (Å²) in [6.45, 7) is 0. The Morgan fingerprint density at radius 1 is 1.00 bits per heavy atom. The minimum absolute atomic E-state index is 0. The number of hydrogen-bond donors (Lipinski definition) is 2. The minimum Gasteiger partial charge on any atom is -0.367 e. The zero-order valence-corrected chi connectivity index (χ0v) is 17.3. The number of rotatable bonds is 4. The quantitative estimate of drug-likeness (QED) is 0.562. The lowest BCUT2D eigenvalue weighted by molar-refractivity contribution is 0.0926. The SMILES string of the molecule is Cl.O=C(NC1CCC(Nc2ccc3ccccc3n2)CC1)c1ccc(F)c(Cl)c1. The van der Waals surface area contributed by atoms with E-state index in [9.17, 15) is 9.18 Å². The van der Waals surface area contributed by atoms with Crippen LogP contribution in [0.2, 0.25) is 5.02 Å². The van der Waals surface area contributed by atoms with E-state index in [-0.39, 0.29) is 29.4 Å². The Hall–Kier alpha value is -2.37. The fraction of sp³-hybridized carbons (Fsp3) is 0.273. The Balaban J connectivity index is 0.00000240. The van der Waals surface area contributed by atoms with Crippen molar-refractivity contribution in [3.05, 3.63) is 71.0 Å². The second kappa shape index (κ2) is 9.42. The molecular formula is C22H22Cl2FN3O. The van der Waals surface area contributed by atoms with Gasteiger partial charge in [0.05, 0.1) is 10.5 Å². The first kappa shape index (κ1) is 21.3. The molecule has 4 rings (SSSR count). The van der Waals surface area contributed by atoms with Crippen molar-refractivity contribution in [1.29, 1.82) is 0 Å². The Morgan fingerprint density at radius 2 is 1.72 bits per heavy atom. The highest BCUT2D eigenvalue weighted by molar-refractivity contribution is 6.31. The van der Waals surface area contributed by atoms with E-state index in [1.807, 2.05) is 30.3 Å². The number of nitrogens with one attached hydrogen (secondary N) is 2. The third kappa shape index (κ3) is 5.17. The van der Waals surface area contributed by atoms with Crippen LogP contribution in [0.5, 0.6) is 0 Å². The standard InChI is InChI=1S/C22H21ClFN3O.ClH/c23-18-13-15(5-11-19(18)24)22(28)26-17-9-7-16(8-10-17)25-21-12-6-14-3-1-2-4-20(14)27-21;/h1-6,11-13,16-17H,7-10H2,(H,25,27)(H,26,28);1H. The molecule has 1 aromatic heterocycles. The summed E-state index contributed by atoms with van der Waals surface area (Å²) in [5.41, 5.74) is 1.36. The van der Waals surface area contributed by atoms with Crippen molar-refractivity contribution in [3.8, 4) is 0 Å². The average Bonchev–Trinajstić information content (AvgIpc) is 2.71. The Labute approximate surface area is 180 Å². The van der Waals surface area contributed by atoms with Gasteiger partial charge in [0.15, 0.2) is 0 Å². The van der Waals surface area contributed by atoms with Gasteiger partial charge in [-0.15, -0.1) is 12.4 Å². The van der Waals surface area contributed by atoms with Gasteiger partial charge >= 0.3 is 0 Å². The summed E-state index contributed by atoms with van der Waals surface area (Å²) in [6.07, 6.45) is 3.66. The first-order valence-corrected chi connectivity index (χ1v) is 9.84. The largest absolute Gasteiger partial charge is 0.367 e. The molecule has 7 heteroatoms. The maximum atomic E-state index is 13.3. The van der Waals surface area contributed by atoms with Crippen LogP contribution in [0.15, 0.2) is 54.6 Å². The van der Waals surface area contributed by atoms with Crippen LogP contribution >= 0.6 is 24.0 Å². The number of para-hydroxylation sites is 1. The van der Waals surface area contributed by atoms with Gasteiger partial charge in [0, 0.05) is 23.0 Å². The van der Waals surface area contributed by atoms with Crippen molar-refractivity contribution in [3.63, 3.8) is 0 Å². The molecule has 1 aliphatic carbocycles. The number of nitrogens with zero attached hydrogens (tertiary/aromatic N) is 1. The lowest BCUT2D eigenvalue weighted by Crippen LogP contribution is -2.40. The molecule has 0 atom stereocenters. The molecule has 0 radical (unpaired) electrons. The molecule has 1 amide bonds. The number of anilines is 1. The number of benzene rings is 2. The molecular weight excluding hydrogens is 412 g/mol. The zero-order valence-electron chi connectivity index (χ0n) is 15.7. The number of carbonyl (C=O) groups is 1. The van der Waals surface area contributed by atoms with Crippen LogP contribution in [-0.2, 0) is 0 Å². The van der Waals surface area contributed by atoms with Gasteiger partial charge in [-0.25, -0.2) is 9.37 Å². The Kier molecular flexibility index (Phi) is 6.93. The van der Waals surface area contributed by atoms with Gasteiger partial charge in [0.1, 0.15) is 11.6 Å². The second-order valence-electron chi connectivity index (χ2n) is 7.18. The van der Waals surface area contributed by atoms with Crippen molar-refractivity contribution in [2.24, 2.45) is 0 Å². The van der Waals surface area contributed by atoms with Crippen LogP contribution < -0.4 is 10.6 Å². The maximum Gasteiger partial charge on any atom is 0.251 e. The Bertz CT molecular complexity index is 1010. The summed E-state index contributed by atoms with van der Waals surface area (Å²) in [7, 11) is 0. The number of pyridine rings is 1. The molecule has 2 aromatic carbocycles. The lowest BCUT2D eigenvalue weighted by atomic mass is 9.91. The second-order valence-corrected chi connectivity index (χ2v) is 7.59. The molecule has 3 aromatic rings. The predicted molar refractivity (Wildman–Crippen MR) is 118 cm³/mol. The van der Waals surface area contributed by atoms with Crippen LogP contribution in [-0.4, -0.2) is 23.0 Å². The number of amides is 1. The van der Waals surface area contributed by atoms with Gasteiger partial charge in [-0.3, -0.25) is 4.79 Å². The summed E-state index contributed by atoms with van der Waals surface area (Å²) < 4.78 is 13.3. The van der Waals surface area contributed by atoms with E-state index in [1.165, 1.54) is 18.2 Å². The van der Waals surface area contributed by atoms with Gasteiger partial charge in [-0.05, 0) is 62.1 Å². The molecule has 29 heavy (non-hydrogen) atoms. The van der Waals surface area contributed by atoms with Gasteiger partial charge in [0.2, 0.25) is 0 Å². The summed E-state index contributed by atoms with van der Waals surface area (Å²) in [5, 5.41) is 7.62. The zero-order chi connectivity index (χ0) is 19.5. The highest BCUT2D eigenvalue weighted by atomic mass is 35.5. The van der Waals surface area contributed by atoms with E-state index in [2.05, 4.69) is 21.7 Å². The van der Waals surface area contributed by atoms with E-state index in [0.717, 1.165) is 42.4 Å².